The summed E-state index contributed by atoms with van der Waals surface area (Å²) in [7, 11) is 0. The van der Waals surface area contributed by atoms with Crippen LogP contribution in [0.25, 0.3) is 0 Å². The molecule has 0 nitrogen and oxygen atoms in total. The molecule has 0 saturated heterocycles. The zero-order chi connectivity index (χ0) is 9.80. The molecule has 0 bridgehead atoms. The van der Waals surface area contributed by atoms with Gasteiger partial charge in [-0.15, -0.1) is 0 Å². The van der Waals surface area contributed by atoms with E-state index in [2.05, 4.69) is 65.6 Å². The summed E-state index contributed by atoms with van der Waals surface area (Å²) >= 11 is -1.50. The minimum absolute atomic E-state index is 1.50. The second kappa shape index (κ2) is 4.65. The predicted octanol–water partition coefficient (Wildman–Crippen LogP) is 1.93. The van der Waals surface area contributed by atoms with Crippen LogP contribution in [0.15, 0.2) is 60.7 Å². The quantitative estimate of drug-likeness (QED) is 0.741. The molecule has 0 aliphatic rings. The van der Waals surface area contributed by atoms with E-state index in [0.717, 1.165) is 0 Å². The molecule has 1 radical (unpaired) electrons. The van der Waals surface area contributed by atoms with Crippen LogP contribution in [0.5, 0.6) is 0 Å². The molecule has 0 atom stereocenters. The Kier molecular flexibility index (Phi) is 3.25. The van der Waals surface area contributed by atoms with E-state index >= 15 is 0 Å². The van der Waals surface area contributed by atoms with Crippen molar-refractivity contribution in [3.05, 3.63) is 60.7 Å². The van der Waals surface area contributed by atoms with Crippen molar-refractivity contribution in [3.8, 4) is 0 Å². The molecule has 2 aromatic rings. The maximum atomic E-state index is 2.44. The van der Waals surface area contributed by atoms with Gasteiger partial charge in [0.1, 0.15) is 0 Å². The monoisotopic (exact) mass is 289 g/mol. The number of rotatable bonds is 2. The van der Waals surface area contributed by atoms with Crippen molar-refractivity contribution in [1.82, 2.24) is 0 Å². The van der Waals surface area contributed by atoms with Crippen molar-refractivity contribution < 1.29 is 0 Å². The third kappa shape index (κ3) is 2.18. The van der Waals surface area contributed by atoms with Gasteiger partial charge in [-0.05, 0) is 0 Å². The Labute approximate surface area is 92.3 Å². The topological polar surface area (TPSA) is 0 Å². The summed E-state index contributed by atoms with van der Waals surface area (Å²) < 4.78 is 3.14. The minimum atomic E-state index is -1.50. The second-order valence-electron chi connectivity index (χ2n) is 3.36. The molecule has 0 amide bonds. The van der Waals surface area contributed by atoms with E-state index in [1.54, 1.807) is 7.16 Å². The fourth-order valence-corrected chi connectivity index (χ4v) is 6.45. The molecule has 0 aliphatic heterocycles. The normalized spacial score (nSPS) is 10.4. The number of hydrogen-bond donors (Lipinski definition) is 0. The van der Waals surface area contributed by atoms with Gasteiger partial charge in [-0.3, -0.25) is 0 Å². The number of hydrogen-bond acceptors (Lipinski definition) is 0. The zero-order valence-electron chi connectivity index (χ0n) is 8.27. The molecular formula is C13H13Sn. The first-order valence-electron chi connectivity index (χ1n) is 4.82. The Morgan fingerprint density at radius 1 is 0.643 bits per heavy atom. The van der Waals surface area contributed by atoms with Gasteiger partial charge >= 0.3 is 92.5 Å². The van der Waals surface area contributed by atoms with Crippen LogP contribution in [0, 0.1) is 0 Å². The van der Waals surface area contributed by atoms with Gasteiger partial charge in [0, 0.05) is 0 Å². The van der Waals surface area contributed by atoms with E-state index in [4.69, 9.17) is 0 Å². The molecule has 69 valence electrons. The van der Waals surface area contributed by atoms with Gasteiger partial charge in [-0.1, -0.05) is 0 Å². The Morgan fingerprint density at radius 3 is 1.36 bits per heavy atom. The fourth-order valence-electron chi connectivity index (χ4n) is 1.54. The van der Waals surface area contributed by atoms with Gasteiger partial charge in [0.05, 0.1) is 0 Å². The molecule has 2 rings (SSSR count). The molecule has 0 N–H and O–H groups in total. The summed E-state index contributed by atoms with van der Waals surface area (Å²) in [6, 6.07) is 21.8. The molecular weight excluding hydrogens is 275 g/mol. The summed E-state index contributed by atoms with van der Waals surface area (Å²) in [5, 5.41) is 0. The Morgan fingerprint density at radius 2 is 1.00 bits per heavy atom. The molecule has 0 heterocycles. The Balaban J connectivity index is 2.30. The van der Waals surface area contributed by atoms with Crippen molar-refractivity contribution in [2.75, 3.05) is 0 Å². The summed E-state index contributed by atoms with van der Waals surface area (Å²) in [4.78, 5) is 2.44. The standard InChI is InChI=1S/2C6H5.CH3.Sn/c2*1-2-4-6-5-3-1;;/h2*1-5H;1H3;. The molecule has 2 aromatic carbocycles. The van der Waals surface area contributed by atoms with Crippen molar-refractivity contribution in [2.24, 2.45) is 0 Å². The first-order chi connectivity index (χ1) is 6.88. The van der Waals surface area contributed by atoms with E-state index in [0.29, 0.717) is 0 Å². The molecule has 14 heavy (non-hydrogen) atoms. The van der Waals surface area contributed by atoms with Crippen LogP contribution in [0.2, 0.25) is 4.94 Å². The summed E-state index contributed by atoms with van der Waals surface area (Å²) in [6.45, 7) is 0. The third-order valence-electron chi connectivity index (χ3n) is 2.41. The van der Waals surface area contributed by atoms with Crippen LogP contribution in [-0.2, 0) is 0 Å². The maximum absolute atomic E-state index is 2.44. The van der Waals surface area contributed by atoms with Crippen LogP contribution in [0.4, 0.5) is 0 Å². The average molecular weight is 288 g/mol. The van der Waals surface area contributed by atoms with Crippen molar-refractivity contribution in [1.29, 1.82) is 0 Å². The third-order valence-corrected chi connectivity index (χ3v) is 9.26. The van der Waals surface area contributed by atoms with Crippen LogP contribution in [-0.4, -0.2) is 19.8 Å². The molecule has 0 unspecified atom stereocenters. The molecule has 0 aromatic heterocycles. The second-order valence-corrected chi connectivity index (χ2v) is 10.2. The van der Waals surface area contributed by atoms with E-state index in [9.17, 15) is 0 Å². The van der Waals surface area contributed by atoms with Gasteiger partial charge in [0.2, 0.25) is 0 Å². The van der Waals surface area contributed by atoms with Crippen LogP contribution in [0.3, 0.4) is 0 Å². The molecule has 0 fully saturated rings. The van der Waals surface area contributed by atoms with Gasteiger partial charge in [0.15, 0.2) is 0 Å². The van der Waals surface area contributed by atoms with Gasteiger partial charge in [-0.2, -0.15) is 0 Å². The first-order valence-corrected chi connectivity index (χ1v) is 10.5. The van der Waals surface area contributed by atoms with Crippen molar-refractivity contribution >= 4 is 26.9 Å². The molecule has 0 saturated carbocycles. The first kappa shape index (κ1) is 9.78. The molecule has 0 aliphatic carbocycles. The summed E-state index contributed by atoms with van der Waals surface area (Å²) in [5.74, 6) is 0. The van der Waals surface area contributed by atoms with Crippen molar-refractivity contribution in [2.45, 2.75) is 4.94 Å². The summed E-state index contributed by atoms with van der Waals surface area (Å²) in [5.41, 5.74) is 0. The van der Waals surface area contributed by atoms with Crippen LogP contribution in [0.1, 0.15) is 0 Å². The SMILES string of the molecule is [CH3][Sn]([c]1ccccc1)[c]1ccccc1. The van der Waals surface area contributed by atoms with E-state index < -0.39 is 19.8 Å². The van der Waals surface area contributed by atoms with Crippen LogP contribution >= 0.6 is 0 Å². The Hall–Kier alpha value is -0.761. The molecule has 0 spiro atoms. The average Bonchev–Trinajstić information content (AvgIpc) is 2.30. The van der Waals surface area contributed by atoms with Crippen molar-refractivity contribution in [3.63, 3.8) is 0 Å². The molecule has 1 heteroatoms. The predicted molar refractivity (Wildman–Crippen MR) is 63.8 cm³/mol. The van der Waals surface area contributed by atoms with Crippen LogP contribution < -0.4 is 7.16 Å². The van der Waals surface area contributed by atoms with E-state index in [-0.39, 0.29) is 0 Å². The van der Waals surface area contributed by atoms with Gasteiger partial charge in [0.25, 0.3) is 0 Å². The van der Waals surface area contributed by atoms with E-state index in [1.165, 1.54) is 0 Å². The Bertz CT molecular complexity index is 341. The fraction of sp³-hybridized carbons (Fsp3) is 0.0769. The summed E-state index contributed by atoms with van der Waals surface area (Å²) in [6.07, 6.45) is 0. The number of benzene rings is 2. The zero-order valence-corrected chi connectivity index (χ0v) is 11.1. The van der Waals surface area contributed by atoms with E-state index in [1.807, 2.05) is 0 Å². The van der Waals surface area contributed by atoms with Gasteiger partial charge in [-0.25, -0.2) is 0 Å². The van der Waals surface area contributed by atoms with Gasteiger partial charge < -0.3 is 0 Å².